The topological polar surface area (TPSA) is 54.2 Å². The number of thioether (sulfide) groups is 1. The summed E-state index contributed by atoms with van der Waals surface area (Å²) in [6, 6.07) is 12.4. The maximum absolute atomic E-state index is 4.25. The highest BCUT2D eigenvalue weighted by Crippen LogP contribution is 2.21. The summed E-state index contributed by atoms with van der Waals surface area (Å²) in [5.41, 5.74) is 1.12. The van der Waals surface area contributed by atoms with Gasteiger partial charge in [0.1, 0.15) is 0 Å². The maximum Gasteiger partial charge on any atom is 0.191 e. The van der Waals surface area contributed by atoms with Crippen molar-refractivity contribution in [2.45, 2.75) is 23.6 Å². The molecule has 0 bridgehead atoms. The van der Waals surface area contributed by atoms with Gasteiger partial charge in [0.25, 0.3) is 0 Å². The molecule has 23 heavy (non-hydrogen) atoms. The Balaban J connectivity index is 0.00000264. The van der Waals surface area contributed by atoms with Gasteiger partial charge in [0.2, 0.25) is 0 Å². The zero-order chi connectivity index (χ0) is 15.8. The normalized spacial score (nSPS) is 12.4. The molecule has 1 aromatic carbocycles. The molecule has 2 N–H and O–H groups in total. The summed E-state index contributed by atoms with van der Waals surface area (Å²) in [4.78, 5) is 5.54. The summed E-state index contributed by atoms with van der Waals surface area (Å²) in [7, 11) is 3.72. The summed E-state index contributed by atoms with van der Waals surface area (Å²) < 4.78 is 1.86. The highest BCUT2D eigenvalue weighted by atomic mass is 127. The molecule has 7 heteroatoms. The molecule has 0 fully saturated rings. The third kappa shape index (κ3) is 6.82. The quantitative estimate of drug-likeness (QED) is 0.311. The second-order valence-corrected chi connectivity index (χ2v) is 6.51. The van der Waals surface area contributed by atoms with Crippen molar-refractivity contribution >= 4 is 41.7 Å². The van der Waals surface area contributed by atoms with Crippen LogP contribution in [0.1, 0.15) is 12.6 Å². The monoisotopic (exact) mass is 445 g/mol. The van der Waals surface area contributed by atoms with E-state index in [1.807, 2.05) is 35.6 Å². The average Bonchev–Trinajstić information content (AvgIpc) is 2.94. The number of aliphatic imine (C=N–C) groups is 1. The number of hydrogen-bond acceptors (Lipinski definition) is 3. The number of halogens is 1. The number of benzene rings is 1. The van der Waals surface area contributed by atoms with Gasteiger partial charge in [0, 0.05) is 37.0 Å². The van der Waals surface area contributed by atoms with Crippen molar-refractivity contribution in [1.29, 1.82) is 0 Å². The van der Waals surface area contributed by atoms with Crippen LogP contribution in [0.5, 0.6) is 0 Å². The number of rotatable bonds is 6. The van der Waals surface area contributed by atoms with Crippen LogP contribution >= 0.6 is 35.7 Å². The van der Waals surface area contributed by atoms with Gasteiger partial charge in [0.05, 0.1) is 12.2 Å². The molecule has 5 nitrogen and oxygen atoms in total. The molecule has 0 saturated carbocycles. The Morgan fingerprint density at radius 3 is 2.61 bits per heavy atom. The lowest BCUT2D eigenvalue weighted by molar-refractivity contribution is 0.684. The number of aryl methyl sites for hydroxylation is 1. The molecular formula is C16H24IN5S. The standard InChI is InChI=1S/C16H23N5S.HI/c1-13(22-15-7-5-4-6-8-15)11-18-16(17-2)19-12-14-9-10-20-21(14)3;/h4-10,13H,11-12H2,1-3H3,(H2,17,18,19);1H. The fraction of sp³-hybridized carbons (Fsp3) is 0.375. The highest BCUT2D eigenvalue weighted by molar-refractivity contribution is 14.0. The van der Waals surface area contributed by atoms with Crippen molar-refractivity contribution < 1.29 is 0 Å². The predicted molar refractivity (Wildman–Crippen MR) is 109 cm³/mol. The molecular weight excluding hydrogens is 421 g/mol. The van der Waals surface area contributed by atoms with E-state index in [9.17, 15) is 0 Å². The fourth-order valence-electron chi connectivity index (χ4n) is 1.98. The summed E-state index contributed by atoms with van der Waals surface area (Å²) in [5.74, 6) is 0.807. The van der Waals surface area contributed by atoms with Gasteiger partial charge in [-0.25, -0.2) is 0 Å². The van der Waals surface area contributed by atoms with Crippen LogP contribution in [0.3, 0.4) is 0 Å². The van der Waals surface area contributed by atoms with Crippen LogP contribution in [0.15, 0.2) is 52.5 Å². The fourth-order valence-corrected chi connectivity index (χ4v) is 2.93. The molecule has 1 heterocycles. The zero-order valence-corrected chi connectivity index (χ0v) is 16.8. The van der Waals surface area contributed by atoms with E-state index in [4.69, 9.17) is 0 Å². The third-order valence-corrected chi connectivity index (χ3v) is 4.33. The van der Waals surface area contributed by atoms with Crippen LogP contribution in [-0.2, 0) is 13.6 Å². The van der Waals surface area contributed by atoms with Crippen molar-refractivity contribution in [1.82, 2.24) is 20.4 Å². The Morgan fingerprint density at radius 2 is 2.00 bits per heavy atom. The first kappa shape index (κ1) is 19.8. The van der Waals surface area contributed by atoms with Gasteiger partial charge in [-0.1, -0.05) is 25.1 Å². The van der Waals surface area contributed by atoms with Crippen LogP contribution in [0.25, 0.3) is 0 Å². The Hall–Kier alpha value is -1.22. The zero-order valence-electron chi connectivity index (χ0n) is 13.7. The smallest absolute Gasteiger partial charge is 0.191 e. The largest absolute Gasteiger partial charge is 0.355 e. The average molecular weight is 445 g/mol. The first-order chi connectivity index (χ1) is 10.7. The third-order valence-electron chi connectivity index (χ3n) is 3.22. The van der Waals surface area contributed by atoms with Crippen LogP contribution < -0.4 is 10.6 Å². The molecule has 1 atom stereocenters. The predicted octanol–water partition coefficient (Wildman–Crippen LogP) is 2.88. The summed E-state index contributed by atoms with van der Waals surface area (Å²) in [5, 5.41) is 11.3. The highest BCUT2D eigenvalue weighted by Gasteiger charge is 2.06. The minimum atomic E-state index is 0. The summed E-state index contributed by atoms with van der Waals surface area (Å²) in [6.07, 6.45) is 1.80. The van der Waals surface area contributed by atoms with Crippen molar-refractivity contribution in [2.24, 2.45) is 12.0 Å². The molecule has 0 amide bonds. The van der Waals surface area contributed by atoms with E-state index in [-0.39, 0.29) is 24.0 Å². The van der Waals surface area contributed by atoms with E-state index in [1.54, 1.807) is 13.2 Å². The molecule has 0 spiro atoms. The van der Waals surface area contributed by atoms with Gasteiger partial charge in [-0.05, 0) is 18.2 Å². The minimum Gasteiger partial charge on any atom is -0.355 e. The number of hydrogen-bond donors (Lipinski definition) is 2. The first-order valence-corrected chi connectivity index (χ1v) is 8.20. The van der Waals surface area contributed by atoms with Crippen molar-refractivity contribution in [3.63, 3.8) is 0 Å². The molecule has 1 unspecified atom stereocenters. The maximum atomic E-state index is 4.25. The lowest BCUT2D eigenvalue weighted by Gasteiger charge is -2.16. The Labute approximate surface area is 159 Å². The summed E-state index contributed by atoms with van der Waals surface area (Å²) in [6.45, 7) is 3.76. The molecule has 0 aliphatic carbocycles. The van der Waals surface area contributed by atoms with E-state index in [1.165, 1.54) is 4.90 Å². The molecule has 0 saturated heterocycles. The number of nitrogens with zero attached hydrogens (tertiary/aromatic N) is 3. The lowest BCUT2D eigenvalue weighted by Crippen LogP contribution is -2.39. The molecule has 0 aliphatic heterocycles. The van der Waals surface area contributed by atoms with E-state index in [0.29, 0.717) is 11.8 Å². The lowest BCUT2D eigenvalue weighted by atomic mass is 10.4. The van der Waals surface area contributed by atoms with Crippen LogP contribution in [0.4, 0.5) is 0 Å². The van der Waals surface area contributed by atoms with Crippen molar-refractivity contribution in [3.8, 4) is 0 Å². The molecule has 0 radical (unpaired) electrons. The van der Waals surface area contributed by atoms with Crippen molar-refractivity contribution in [3.05, 3.63) is 48.3 Å². The second kappa shape index (κ2) is 10.5. The van der Waals surface area contributed by atoms with Gasteiger partial charge in [0.15, 0.2) is 5.96 Å². The van der Waals surface area contributed by atoms with Crippen molar-refractivity contribution in [2.75, 3.05) is 13.6 Å². The van der Waals surface area contributed by atoms with E-state index in [2.05, 4.69) is 51.9 Å². The number of guanidine groups is 1. The number of nitrogens with one attached hydrogen (secondary N) is 2. The van der Waals surface area contributed by atoms with Crippen LogP contribution in [-0.4, -0.2) is 34.6 Å². The van der Waals surface area contributed by atoms with Crippen LogP contribution in [0, 0.1) is 0 Å². The van der Waals surface area contributed by atoms with E-state index < -0.39 is 0 Å². The molecule has 126 valence electrons. The Kier molecular flexibility index (Phi) is 9.08. The molecule has 1 aromatic heterocycles. The van der Waals surface area contributed by atoms with Gasteiger partial charge < -0.3 is 10.6 Å². The first-order valence-electron chi connectivity index (χ1n) is 7.32. The summed E-state index contributed by atoms with van der Waals surface area (Å²) >= 11 is 1.85. The van der Waals surface area contributed by atoms with Gasteiger partial charge in [-0.3, -0.25) is 9.67 Å². The minimum absolute atomic E-state index is 0. The van der Waals surface area contributed by atoms with Gasteiger partial charge >= 0.3 is 0 Å². The van der Waals surface area contributed by atoms with E-state index >= 15 is 0 Å². The van der Waals surface area contributed by atoms with Crippen LogP contribution in [0.2, 0.25) is 0 Å². The Bertz CT molecular complexity index is 600. The molecule has 2 rings (SSSR count). The number of aromatic nitrogens is 2. The molecule has 2 aromatic rings. The SMILES string of the molecule is CN=C(NCc1ccnn1C)NCC(C)Sc1ccccc1.I. The van der Waals surface area contributed by atoms with Gasteiger partial charge in [-0.2, -0.15) is 5.10 Å². The Morgan fingerprint density at radius 1 is 1.26 bits per heavy atom. The second-order valence-electron chi connectivity index (χ2n) is 4.99. The van der Waals surface area contributed by atoms with Gasteiger partial charge in [-0.15, -0.1) is 35.7 Å². The molecule has 0 aliphatic rings. The van der Waals surface area contributed by atoms with E-state index in [0.717, 1.165) is 18.2 Å².